The summed E-state index contributed by atoms with van der Waals surface area (Å²) in [7, 11) is 3.31. The number of aromatic nitrogens is 2. The molecule has 1 aromatic rings. The van der Waals surface area contributed by atoms with Crippen LogP contribution in [0.5, 0.6) is 0 Å². The van der Waals surface area contributed by atoms with Gasteiger partial charge in [-0.2, -0.15) is 5.10 Å². The third-order valence-corrected chi connectivity index (χ3v) is 4.10. The SMILES string of the molecule is COCCCN(CCOC)C(=O)c1ccn(C2CCCNC2)n1.Cl. The van der Waals surface area contributed by atoms with Crippen molar-refractivity contribution in [2.75, 3.05) is 53.6 Å². The molecule has 24 heavy (non-hydrogen) atoms. The quantitative estimate of drug-likeness (QED) is 0.673. The topological polar surface area (TPSA) is 68.6 Å². The Bertz CT molecular complexity index is 478. The smallest absolute Gasteiger partial charge is 0.274 e. The number of rotatable bonds is 9. The fourth-order valence-corrected chi connectivity index (χ4v) is 2.79. The van der Waals surface area contributed by atoms with Crippen LogP contribution in [-0.2, 0) is 9.47 Å². The zero-order valence-corrected chi connectivity index (χ0v) is 15.4. The van der Waals surface area contributed by atoms with Gasteiger partial charge in [0.25, 0.3) is 5.91 Å². The Hall–Kier alpha value is -1.15. The first-order valence-corrected chi connectivity index (χ1v) is 8.29. The molecule has 2 heterocycles. The first-order valence-electron chi connectivity index (χ1n) is 8.29. The minimum atomic E-state index is -0.0410. The number of amides is 1. The second-order valence-corrected chi connectivity index (χ2v) is 5.81. The summed E-state index contributed by atoms with van der Waals surface area (Å²) in [6, 6.07) is 2.15. The molecule has 1 aliphatic rings. The highest BCUT2D eigenvalue weighted by Gasteiger charge is 2.21. The maximum Gasteiger partial charge on any atom is 0.274 e. The molecular weight excluding hydrogens is 332 g/mol. The standard InChI is InChI=1S/C16H28N4O3.ClH/c1-22-11-4-8-19(10-12-23-2)16(21)15-6-9-20(18-15)14-5-3-7-17-13-14;/h6,9,14,17H,3-5,7-8,10-13H2,1-2H3;1H. The molecule has 1 N–H and O–H groups in total. The zero-order valence-electron chi connectivity index (χ0n) is 14.6. The van der Waals surface area contributed by atoms with Gasteiger partial charge in [0.05, 0.1) is 12.6 Å². The van der Waals surface area contributed by atoms with Gasteiger partial charge in [0.15, 0.2) is 0 Å². The molecule has 0 saturated carbocycles. The zero-order chi connectivity index (χ0) is 16.5. The summed E-state index contributed by atoms with van der Waals surface area (Å²) >= 11 is 0. The van der Waals surface area contributed by atoms with E-state index in [4.69, 9.17) is 9.47 Å². The molecule has 1 saturated heterocycles. The van der Waals surface area contributed by atoms with Gasteiger partial charge < -0.3 is 19.7 Å². The lowest BCUT2D eigenvalue weighted by molar-refractivity contribution is 0.0667. The van der Waals surface area contributed by atoms with E-state index in [0.29, 0.717) is 38.0 Å². The molecule has 0 aromatic carbocycles. The molecular formula is C16H29ClN4O3. The van der Waals surface area contributed by atoms with Crippen molar-refractivity contribution in [3.05, 3.63) is 18.0 Å². The molecule has 8 heteroatoms. The number of nitrogens with zero attached hydrogens (tertiary/aromatic N) is 3. The van der Waals surface area contributed by atoms with Crippen LogP contribution >= 0.6 is 12.4 Å². The third-order valence-electron chi connectivity index (χ3n) is 4.10. The average molecular weight is 361 g/mol. The van der Waals surface area contributed by atoms with Crippen molar-refractivity contribution < 1.29 is 14.3 Å². The summed E-state index contributed by atoms with van der Waals surface area (Å²) in [5, 5.41) is 7.87. The maximum atomic E-state index is 12.7. The fraction of sp³-hybridized carbons (Fsp3) is 0.750. The number of methoxy groups -OCH3 is 2. The van der Waals surface area contributed by atoms with Crippen molar-refractivity contribution in [1.29, 1.82) is 0 Å². The van der Waals surface area contributed by atoms with Gasteiger partial charge in [-0.1, -0.05) is 0 Å². The largest absolute Gasteiger partial charge is 0.385 e. The highest BCUT2D eigenvalue weighted by molar-refractivity contribution is 5.92. The second-order valence-electron chi connectivity index (χ2n) is 5.81. The Kier molecular flexibility index (Phi) is 9.94. The first-order chi connectivity index (χ1) is 11.3. The Morgan fingerprint density at radius 2 is 2.17 bits per heavy atom. The molecule has 1 fully saturated rings. The van der Waals surface area contributed by atoms with Gasteiger partial charge in [-0.15, -0.1) is 12.4 Å². The van der Waals surface area contributed by atoms with Gasteiger partial charge in [-0.3, -0.25) is 9.48 Å². The van der Waals surface area contributed by atoms with Crippen molar-refractivity contribution in [2.24, 2.45) is 0 Å². The molecule has 1 unspecified atom stereocenters. The highest BCUT2D eigenvalue weighted by atomic mass is 35.5. The van der Waals surface area contributed by atoms with E-state index in [1.165, 1.54) is 0 Å². The van der Waals surface area contributed by atoms with E-state index in [-0.39, 0.29) is 18.3 Å². The Morgan fingerprint density at radius 3 is 2.83 bits per heavy atom. The average Bonchev–Trinajstić information content (AvgIpc) is 3.08. The number of piperidine rings is 1. The van der Waals surface area contributed by atoms with Gasteiger partial charge in [0.1, 0.15) is 5.69 Å². The Balaban J connectivity index is 0.00000288. The number of carbonyl (C=O) groups is 1. The van der Waals surface area contributed by atoms with Crippen LogP contribution in [0.25, 0.3) is 0 Å². The summed E-state index contributed by atoms with van der Waals surface area (Å²) in [4.78, 5) is 14.5. The van der Waals surface area contributed by atoms with Gasteiger partial charge in [-0.25, -0.2) is 0 Å². The molecule has 0 aliphatic carbocycles. The molecule has 138 valence electrons. The van der Waals surface area contributed by atoms with Crippen molar-refractivity contribution >= 4 is 18.3 Å². The summed E-state index contributed by atoms with van der Waals surface area (Å²) in [6.45, 7) is 4.35. The first kappa shape index (κ1) is 20.9. The molecule has 1 aliphatic heterocycles. The molecule has 1 amide bonds. The molecule has 7 nitrogen and oxygen atoms in total. The van der Waals surface area contributed by atoms with Gasteiger partial charge in [-0.05, 0) is 31.9 Å². The van der Waals surface area contributed by atoms with Crippen LogP contribution in [0.1, 0.15) is 35.8 Å². The van der Waals surface area contributed by atoms with E-state index in [0.717, 1.165) is 32.4 Å². The minimum absolute atomic E-state index is 0. The van der Waals surface area contributed by atoms with E-state index in [9.17, 15) is 4.79 Å². The fourth-order valence-electron chi connectivity index (χ4n) is 2.79. The molecule has 1 atom stereocenters. The van der Waals surface area contributed by atoms with Crippen LogP contribution in [-0.4, -0.2) is 74.2 Å². The molecule has 0 radical (unpaired) electrons. The minimum Gasteiger partial charge on any atom is -0.385 e. The van der Waals surface area contributed by atoms with Gasteiger partial charge in [0.2, 0.25) is 0 Å². The monoisotopic (exact) mass is 360 g/mol. The second kappa shape index (κ2) is 11.4. The van der Waals surface area contributed by atoms with E-state index in [2.05, 4.69) is 10.4 Å². The van der Waals surface area contributed by atoms with Gasteiger partial charge >= 0.3 is 0 Å². The van der Waals surface area contributed by atoms with Crippen molar-refractivity contribution in [3.8, 4) is 0 Å². The lowest BCUT2D eigenvalue weighted by Gasteiger charge is -2.23. The van der Waals surface area contributed by atoms with Crippen LogP contribution in [0.15, 0.2) is 12.3 Å². The highest BCUT2D eigenvalue weighted by Crippen LogP contribution is 2.16. The number of halogens is 1. The van der Waals surface area contributed by atoms with Crippen LogP contribution in [0, 0.1) is 0 Å². The summed E-state index contributed by atoms with van der Waals surface area (Å²) < 4.78 is 12.1. The predicted octanol–water partition coefficient (Wildman–Crippen LogP) is 1.35. The summed E-state index contributed by atoms with van der Waals surface area (Å²) in [6.07, 6.45) is 4.96. The Labute approximate surface area is 150 Å². The molecule has 0 bridgehead atoms. The number of ether oxygens (including phenoxy) is 2. The summed E-state index contributed by atoms with van der Waals surface area (Å²) in [5.41, 5.74) is 0.504. The van der Waals surface area contributed by atoms with Gasteiger partial charge in [0, 0.05) is 46.7 Å². The Morgan fingerprint density at radius 1 is 1.38 bits per heavy atom. The van der Waals surface area contributed by atoms with Crippen LogP contribution < -0.4 is 5.32 Å². The van der Waals surface area contributed by atoms with Crippen LogP contribution in [0.4, 0.5) is 0 Å². The molecule has 2 rings (SSSR count). The van der Waals surface area contributed by atoms with E-state index in [1.54, 1.807) is 19.1 Å². The van der Waals surface area contributed by atoms with Crippen LogP contribution in [0.2, 0.25) is 0 Å². The summed E-state index contributed by atoms with van der Waals surface area (Å²) in [5.74, 6) is -0.0410. The lowest BCUT2D eigenvalue weighted by atomic mass is 10.1. The number of hydrogen-bond acceptors (Lipinski definition) is 5. The van der Waals surface area contributed by atoms with E-state index < -0.39 is 0 Å². The number of hydrogen-bond donors (Lipinski definition) is 1. The normalized spacial score (nSPS) is 17.3. The lowest BCUT2D eigenvalue weighted by Crippen LogP contribution is -2.36. The van der Waals surface area contributed by atoms with Crippen molar-refractivity contribution in [3.63, 3.8) is 0 Å². The number of carbonyl (C=O) groups excluding carboxylic acids is 1. The van der Waals surface area contributed by atoms with E-state index in [1.807, 2.05) is 16.9 Å². The molecule has 1 aromatic heterocycles. The number of nitrogens with one attached hydrogen (secondary N) is 1. The molecule has 0 spiro atoms. The maximum absolute atomic E-state index is 12.7. The predicted molar refractivity (Wildman–Crippen MR) is 94.9 cm³/mol. The van der Waals surface area contributed by atoms with Crippen LogP contribution in [0.3, 0.4) is 0 Å². The van der Waals surface area contributed by atoms with E-state index >= 15 is 0 Å². The van der Waals surface area contributed by atoms with Crippen molar-refractivity contribution in [1.82, 2.24) is 20.0 Å². The van der Waals surface area contributed by atoms with Crippen molar-refractivity contribution in [2.45, 2.75) is 25.3 Å². The third kappa shape index (κ3) is 6.05.